The maximum absolute atomic E-state index is 11.4. The standard InChI is InChI=1S/C14H12N4O3.C3H8/c1-21-13-11(14(19)20)12(16-7-17-13)18-10-4-2-3-9-8(10)5-6-15-9;1-3-2/h2-7,15H,1H3,(H,19,20)(H,16,17,18);3H2,1-2H3. The van der Waals surface area contributed by atoms with Crippen LogP contribution in [0.4, 0.5) is 11.5 Å². The molecule has 7 heteroatoms. The Morgan fingerprint density at radius 2 is 2.04 bits per heavy atom. The summed E-state index contributed by atoms with van der Waals surface area (Å²) < 4.78 is 4.98. The van der Waals surface area contributed by atoms with Gasteiger partial charge in [0.05, 0.1) is 7.11 Å². The minimum absolute atomic E-state index is 0.0150. The number of methoxy groups -OCH3 is 1. The van der Waals surface area contributed by atoms with Crippen LogP contribution in [-0.2, 0) is 0 Å². The van der Waals surface area contributed by atoms with Crippen molar-refractivity contribution in [3.8, 4) is 5.88 Å². The summed E-state index contributed by atoms with van der Waals surface area (Å²) in [6.07, 6.45) is 4.32. The zero-order chi connectivity index (χ0) is 17.5. The Bertz CT molecular complexity index is 830. The maximum atomic E-state index is 11.4. The average molecular weight is 328 g/mol. The number of carboxylic acid groups (broad SMARTS) is 1. The first kappa shape index (κ1) is 17.3. The van der Waals surface area contributed by atoms with Gasteiger partial charge in [0.2, 0.25) is 5.88 Å². The van der Waals surface area contributed by atoms with Gasteiger partial charge in [-0.3, -0.25) is 0 Å². The highest BCUT2D eigenvalue weighted by Gasteiger charge is 2.19. The van der Waals surface area contributed by atoms with Crippen LogP contribution in [-0.4, -0.2) is 33.1 Å². The molecule has 0 saturated heterocycles. The number of hydrogen-bond acceptors (Lipinski definition) is 5. The molecule has 24 heavy (non-hydrogen) atoms. The number of anilines is 2. The predicted molar refractivity (Wildman–Crippen MR) is 93.1 cm³/mol. The maximum Gasteiger partial charge on any atom is 0.345 e. The summed E-state index contributed by atoms with van der Waals surface area (Å²) in [6.45, 7) is 4.25. The number of carbonyl (C=O) groups is 1. The number of nitrogens with zero attached hydrogens (tertiary/aromatic N) is 2. The van der Waals surface area contributed by atoms with Crippen molar-refractivity contribution in [3.63, 3.8) is 0 Å². The van der Waals surface area contributed by atoms with Crippen molar-refractivity contribution in [2.75, 3.05) is 12.4 Å². The van der Waals surface area contributed by atoms with E-state index in [4.69, 9.17) is 4.74 Å². The van der Waals surface area contributed by atoms with Gasteiger partial charge in [-0.1, -0.05) is 26.3 Å². The number of ether oxygens (including phenoxy) is 1. The number of nitrogens with one attached hydrogen (secondary N) is 2. The van der Waals surface area contributed by atoms with Crippen LogP contribution in [0.3, 0.4) is 0 Å². The molecule has 0 bridgehead atoms. The Labute approximate surface area is 139 Å². The summed E-state index contributed by atoms with van der Waals surface area (Å²) in [5.41, 5.74) is 1.59. The number of aromatic nitrogens is 3. The van der Waals surface area contributed by atoms with E-state index in [-0.39, 0.29) is 17.3 Å². The number of aromatic amines is 1. The van der Waals surface area contributed by atoms with E-state index in [0.29, 0.717) is 0 Å². The van der Waals surface area contributed by atoms with Crippen molar-refractivity contribution in [1.82, 2.24) is 15.0 Å². The van der Waals surface area contributed by atoms with Gasteiger partial charge < -0.3 is 20.1 Å². The van der Waals surface area contributed by atoms with Gasteiger partial charge in [0, 0.05) is 22.8 Å². The molecule has 0 atom stereocenters. The second-order valence-corrected chi connectivity index (χ2v) is 4.99. The zero-order valence-electron chi connectivity index (χ0n) is 13.8. The van der Waals surface area contributed by atoms with Gasteiger partial charge in [-0.05, 0) is 18.2 Å². The molecule has 0 unspecified atom stereocenters. The summed E-state index contributed by atoms with van der Waals surface area (Å²) in [5, 5.41) is 13.3. The Kier molecular flexibility index (Phi) is 5.73. The number of rotatable bonds is 4. The van der Waals surface area contributed by atoms with E-state index < -0.39 is 5.97 Å². The van der Waals surface area contributed by atoms with Gasteiger partial charge in [-0.15, -0.1) is 0 Å². The molecule has 0 aliphatic rings. The first-order valence-electron chi connectivity index (χ1n) is 7.57. The van der Waals surface area contributed by atoms with Crippen LogP contribution < -0.4 is 10.1 Å². The fourth-order valence-corrected chi connectivity index (χ4v) is 2.13. The summed E-state index contributed by atoms with van der Waals surface area (Å²) in [6, 6.07) is 7.53. The largest absolute Gasteiger partial charge is 0.480 e. The molecular formula is C17H20N4O3. The lowest BCUT2D eigenvalue weighted by Crippen LogP contribution is -2.08. The van der Waals surface area contributed by atoms with Crippen LogP contribution >= 0.6 is 0 Å². The predicted octanol–water partition coefficient (Wildman–Crippen LogP) is 3.82. The molecule has 0 amide bonds. The van der Waals surface area contributed by atoms with Crippen LogP contribution in [0.1, 0.15) is 30.6 Å². The van der Waals surface area contributed by atoms with Gasteiger partial charge in [-0.2, -0.15) is 0 Å². The highest BCUT2D eigenvalue weighted by Crippen LogP contribution is 2.28. The normalized spacial score (nSPS) is 9.96. The SMILES string of the molecule is CCC.COc1ncnc(Nc2cccc3[nH]ccc23)c1C(=O)O. The van der Waals surface area contributed by atoms with Crippen LogP contribution in [0.2, 0.25) is 0 Å². The third-order valence-corrected chi connectivity index (χ3v) is 3.07. The number of fused-ring (bicyclic) bond motifs is 1. The summed E-state index contributed by atoms with van der Waals surface area (Å²) >= 11 is 0. The molecule has 3 N–H and O–H groups in total. The smallest absolute Gasteiger partial charge is 0.345 e. The van der Waals surface area contributed by atoms with Gasteiger partial charge in [0.15, 0.2) is 11.4 Å². The molecule has 3 aromatic rings. The molecular weight excluding hydrogens is 308 g/mol. The highest BCUT2D eigenvalue weighted by molar-refractivity contribution is 5.99. The zero-order valence-corrected chi connectivity index (χ0v) is 13.8. The van der Waals surface area contributed by atoms with Crippen molar-refractivity contribution in [2.24, 2.45) is 0 Å². The van der Waals surface area contributed by atoms with Crippen molar-refractivity contribution in [2.45, 2.75) is 20.3 Å². The Hall–Kier alpha value is -3.09. The fourth-order valence-electron chi connectivity index (χ4n) is 2.13. The number of aromatic carboxylic acids is 1. The molecule has 1 aromatic carbocycles. The molecule has 2 heterocycles. The van der Waals surface area contributed by atoms with Gasteiger partial charge in [-0.25, -0.2) is 14.8 Å². The van der Waals surface area contributed by atoms with E-state index in [0.717, 1.165) is 16.6 Å². The highest BCUT2D eigenvalue weighted by atomic mass is 16.5. The summed E-state index contributed by atoms with van der Waals surface area (Å²) in [7, 11) is 1.37. The van der Waals surface area contributed by atoms with Gasteiger partial charge in [0.1, 0.15) is 6.33 Å². The molecule has 7 nitrogen and oxygen atoms in total. The van der Waals surface area contributed by atoms with Crippen LogP contribution in [0.15, 0.2) is 36.8 Å². The average Bonchev–Trinajstić information content (AvgIpc) is 3.05. The van der Waals surface area contributed by atoms with Crippen LogP contribution in [0.25, 0.3) is 10.9 Å². The second kappa shape index (κ2) is 7.96. The van der Waals surface area contributed by atoms with E-state index in [2.05, 4.69) is 34.1 Å². The molecule has 2 aromatic heterocycles. The van der Waals surface area contributed by atoms with E-state index in [1.165, 1.54) is 19.9 Å². The van der Waals surface area contributed by atoms with E-state index in [1.807, 2.05) is 30.5 Å². The van der Waals surface area contributed by atoms with Crippen molar-refractivity contribution < 1.29 is 14.6 Å². The minimum Gasteiger partial charge on any atom is -0.480 e. The Balaban J connectivity index is 0.000000647. The molecule has 3 rings (SSSR count). The van der Waals surface area contributed by atoms with Crippen molar-refractivity contribution in [3.05, 3.63) is 42.4 Å². The Morgan fingerprint density at radius 3 is 2.71 bits per heavy atom. The lowest BCUT2D eigenvalue weighted by Gasteiger charge is -2.11. The van der Waals surface area contributed by atoms with Crippen molar-refractivity contribution in [1.29, 1.82) is 0 Å². The number of H-pyrrole nitrogens is 1. The quantitative estimate of drug-likeness (QED) is 0.673. The van der Waals surface area contributed by atoms with E-state index in [9.17, 15) is 9.90 Å². The monoisotopic (exact) mass is 328 g/mol. The molecule has 0 saturated carbocycles. The van der Waals surface area contributed by atoms with E-state index >= 15 is 0 Å². The summed E-state index contributed by atoms with van der Waals surface area (Å²) in [4.78, 5) is 22.3. The molecule has 0 aliphatic heterocycles. The van der Waals surface area contributed by atoms with Gasteiger partial charge >= 0.3 is 5.97 Å². The molecule has 126 valence electrons. The lowest BCUT2D eigenvalue weighted by molar-refractivity contribution is 0.0693. The molecule has 0 spiro atoms. The summed E-state index contributed by atoms with van der Waals surface area (Å²) in [5.74, 6) is -0.958. The number of benzene rings is 1. The first-order valence-corrected chi connectivity index (χ1v) is 7.57. The third kappa shape index (κ3) is 3.62. The third-order valence-electron chi connectivity index (χ3n) is 3.07. The molecule has 0 aliphatic carbocycles. The van der Waals surface area contributed by atoms with Gasteiger partial charge in [0.25, 0.3) is 0 Å². The van der Waals surface area contributed by atoms with Crippen molar-refractivity contribution >= 4 is 28.4 Å². The molecule has 0 radical (unpaired) electrons. The van der Waals surface area contributed by atoms with Crippen LogP contribution in [0.5, 0.6) is 5.88 Å². The lowest BCUT2D eigenvalue weighted by atomic mass is 10.2. The number of hydrogen-bond donors (Lipinski definition) is 3. The van der Waals surface area contributed by atoms with E-state index in [1.54, 1.807) is 0 Å². The van der Waals surface area contributed by atoms with Crippen LogP contribution in [0, 0.1) is 0 Å². The number of carboxylic acids is 1. The second-order valence-electron chi connectivity index (χ2n) is 4.99. The minimum atomic E-state index is -1.16. The Morgan fingerprint density at radius 1 is 1.29 bits per heavy atom. The fraction of sp³-hybridized carbons (Fsp3) is 0.235. The first-order chi connectivity index (χ1) is 11.6. The molecule has 0 fully saturated rings. The topological polar surface area (TPSA) is 100 Å².